The summed E-state index contributed by atoms with van der Waals surface area (Å²) in [5, 5.41) is 0. The van der Waals surface area contributed by atoms with Crippen LogP contribution in [-0.4, -0.2) is 22.8 Å². The molecule has 0 aromatic rings. The average Bonchev–Trinajstić information content (AvgIpc) is 2.27. The van der Waals surface area contributed by atoms with Crippen LogP contribution in [0.2, 0.25) is 0 Å². The summed E-state index contributed by atoms with van der Waals surface area (Å²) < 4.78 is 11.4. The molecule has 0 radical (unpaired) electrons. The Kier molecular flexibility index (Phi) is 1.75. The van der Waals surface area contributed by atoms with Crippen LogP contribution in [0.4, 0.5) is 0 Å². The van der Waals surface area contributed by atoms with E-state index in [4.69, 9.17) is 23.2 Å². The van der Waals surface area contributed by atoms with E-state index in [1.807, 2.05) is 6.92 Å². The maximum Gasteiger partial charge on any atom is 0.128 e. The molecule has 2 aliphatic rings. The highest BCUT2D eigenvalue weighted by molar-refractivity contribution is 7.64. The van der Waals surface area contributed by atoms with Crippen molar-refractivity contribution in [3.63, 3.8) is 0 Å². The van der Waals surface area contributed by atoms with Gasteiger partial charge in [-0.2, -0.15) is 0 Å². The third-order valence-electron chi connectivity index (χ3n) is 3.59. The molecule has 1 aliphatic heterocycles. The van der Waals surface area contributed by atoms with Crippen LogP contribution < -0.4 is 0 Å². The summed E-state index contributed by atoms with van der Waals surface area (Å²) in [4.78, 5) is 0. The minimum absolute atomic E-state index is 0.0400. The Bertz CT molecular complexity index is 276. The molecular formula is C8H13Cl2OP. The van der Waals surface area contributed by atoms with Crippen molar-refractivity contribution in [2.45, 2.75) is 18.2 Å². The molecule has 0 aromatic heterocycles. The molecule has 70 valence electrons. The summed E-state index contributed by atoms with van der Waals surface area (Å²) in [5.74, 6) is 0.291. The van der Waals surface area contributed by atoms with Gasteiger partial charge in [-0.15, -0.1) is 23.2 Å². The molecule has 2 rings (SSSR count). The van der Waals surface area contributed by atoms with Crippen LogP contribution in [0.3, 0.4) is 0 Å². The number of halogens is 2. The second-order valence-electron chi connectivity index (χ2n) is 4.31. The van der Waals surface area contributed by atoms with E-state index in [1.54, 1.807) is 0 Å². The average molecular weight is 227 g/mol. The van der Waals surface area contributed by atoms with E-state index in [9.17, 15) is 4.57 Å². The van der Waals surface area contributed by atoms with E-state index in [1.165, 1.54) is 0 Å². The Morgan fingerprint density at radius 3 is 2.50 bits per heavy atom. The zero-order valence-corrected chi connectivity index (χ0v) is 9.72. The predicted octanol–water partition coefficient (Wildman–Crippen LogP) is 3.19. The fourth-order valence-electron chi connectivity index (χ4n) is 2.44. The number of rotatable bonds is 1. The first-order valence-electron chi connectivity index (χ1n) is 4.31. The largest absolute Gasteiger partial charge is 0.324 e. The summed E-state index contributed by atoms with van der Waals surface area (Å²) in [5.41, 5.74) is -0.0400. The van der Waals surface area contributed by atoms with Gasteiger partial charge in [-0.3, -0.25) is 0 Å². The van der Waals surface area contributed by atoms with Crippen molar-refractivity contribution in [1.82, 2.24) is 0 Å². The molecule has 0 spiro atoms. The summed E-state index contributed by atoms with van der Waals surface area (Å²) in [6.07, 6.45) is 2.34. The predicted molar refractivity (Wildman–Crippen MR) is 53.9 cm³/mol. The zero-order chi connectivity index (χ0) is 9.20. The van der Waals surface area contributed by atoms with Gasteiger partial charge in [0.15, 0.2) is 0 Å². The first-order valence-corrected chi connectivity index (χ1v) is 7.32. The summed E-state index contributed by atoms with van der Waals surface area (Å²) >= 11 is 12.2. The van der Waals surface area contributed by atoms with Gasteiger partial charge in [0.2, 0.25) is 0 Å². The quantitative estimate of drug-likeness (QED) is 0.496. The molecule has 1 heterocycles. The van der Waals surface area contributed by atoms with Crippen molar-refractivity contribution in [2.24, 2.45) is 11.3 Å². The second-order valence-corrected chi connectivity index (χ2v) is 9.12. The lowest BCUT2D eigenvalue weighted by Gasteiger charge is -2.17. The Hall–Kier alpha value is 0.810. The molecule has 0 N–H and O–H groups in total. The molecule has 4 heteroatoms. The lowest BCUT2D eigenvalue weighted by Crippen LogP contribution is -2.11. The minimum atomic E-state index is -1.87. The molecule has 0 aromatic carbocycles. The maximum absolute atomic E-state index is 12.0. The molecule has 1 aliphatic carbocycles. The van der Waals surface area contributed by atoms with Crippen LogP contribution in [-0.2, 0) is 4.57 Å². The molecule has 1 nitrogen and oxygen atoms in total. The molecule has 1 saturated carbocycles. The van der Waals surface area contributed by atoms with Crippen molar-refractivity contribution in [3.05, 3.63) is 0 Å². The molecule has 3 unspecified atom stereocenters. The van der Waals surface area contributed by atoms with Crippen LogP contribution >= 0.6 is 30.3 Å². The maximum atomic E-state index is 12.0. The van der Waals surface area contributed by atoms with Gasteiger partial charge in [0.1, 0.15) is 4.33 Å². The van der Waals surface area contributed by atoms with E-state index >= 15 is 0 Å². The Morgan fingerprint density at radius 1 is 1.58 bits per heavy atom. The van der Waals surface area contributed by atoms with Gasteiger partial charge in [0, 0.05) is 23.7 Å². The standard InChI is InChI=1S/C8H13Cl2OP/c1-3-12(11)4-6-7(2,5-12)8(6,9)10/h6H,3-5H2,1-2H3. The Morgan fingerprint density at radius 2 is 2.17 bits per heavy atom. The van der Waals surface area contributed by atoms with Crippen molar-refractivity contribution >= 4 is 30.3 Å². The molecule has 0 bridgehead atoms. The third kappa shape index (κ3) is 0.910. The molecule has 1 saturated heterocycles. The number of hydrogen-bond acceptors (Lipinski definition) is 1. The van der Waals surface area contributed by atoms with Gasteiger partial charge in [-0.05, 0) is 6.16 Å². The number of hydrogen-bond donors (Lipinski definition) is 0. The molecular weight excluding hydrogens is 214 g/mol. The van der Waals surface area contributed by atoms with Crippen LogP contribution in [0.1, 0.15) is 13.8 Å². The molecule has 12 heavy (non-hydrogen) atoms. The lowest BCUT2D eigenvalue weighted by atomic mass is 10.1. The van der Waals surface area contributed by atoms with Gasteiger partial charge in [-0.25, -0.2) is 0 Å². The second kappa shape index (κ2) is 2.24. The van der Waals surface area contributed by atoms with E-state index in [0.717, 1.165) is 18.5 Å². The van der Waals surface area contributed by atoms with Crippen molar-refractivity contribution < 1.29 is 4.57 Å². The van der Waals surface area contributed by atoms with Gasteiger partial charge in [0.05, 0.1) is 7.14 Å². The highest BCUT2D eigenvalue weighted by atomic mass is 35.5. The first-order chi connectivity index (χ1) is 5.36. The van der Waals surface area contributed by atoms with E-state index in [2.05, 4.69) is 6.92 Å². The molecule has 3 atom stereocenters. The fraction of sp³-hybridized carbons (Fsp3) is 1.00. The Balaban J connectivity index is 2.22. The van der Waals surface area contributed by atoms with Crippen LogP contribution in [0.5, 0.6) is 0 Å². The van der Waals surface area contributed by atoms with Gasteiger partial charge in [0.25, 0.3) is 0 Å². The summed E-state index contributed by atoms with van der Waals surface area (Å²) in [7, 11) is -1.87. The number of fused-ring (bicyclic) bond motifs is 1. The highest BCUT2D eigenvalue weighted by Crippen LogP contribution is 2.81. The van der Waals surface area contributed by atoms with Crippen LogP contribution in [0.25, 0.3) is 0 Å². The number of alkyl halides is 2. The van der Waals surface area contributed by atoms with Gasteiger partial charge >= 0.3 is 0 Å². The van der Waals surface area contributed by atoms with Crippen molar-refractivity contribution in [1.29, 1.82) is 0 Å². The zero-order valence-electron chi connectivity index (χ0n) is 7.31. The topological polar surface area (TPSA) is 17.1 Å². The highest BCUT2D eigenvalue weighted by Gasteiger charge is 2.78. The third-order valence-corrected chi connectivity index (χ3v) is 8.40. The molecule has 2 fully saturated rings. The minimum Gasteiger partial charge on any atom is -0.324 e. The van der Waals surface area contributed by atoms with Crippen LogP contribution in [0, 0.1) is 11.3 Å². The first kappa shape index (κ1) is 9.37. The SMILES string of the molecule is CCP1(=O)CC2C(Cl)(Cl)C2(C)C1. The van der Waals surface area contributed by atoms with Gasteiger partial charge < -0.3 is 4.57 Å². The summed E-state index contributed by atoms with van der Waals surface area (Å²) in [6, 6.07) is 0. The van der Waals surface area contributed by atoms with E-state index < -0.39 is 11.5 Å². The van der Waals surface area contributed by atoms with E-state index in [-0.39, 0.29) is 5.41 Å². The smallest absolute Gasteiger partial charge is 0.128 e. The van der Waals surface area contributed by atoms with Crippen LogP contribution in [0.15, 0.2) is 0 Å². The monoisotopic (exact) mass is 226 g/mol. The van der Waals surface area contributed by atoms with E-state index in [0.29, 0.717) is 5.92 Å². The Labute approximate surface area is 83.2 Å². The fourth-order valence-corrected chi connectivity index (χ4v) is 7.39. The van der Waals surface area contributed by atoms with Crippen molar-refractivity contribution in [3.8, 4) is 0 Å². The van der Waals surface area contributed by atoms with Crippen molar-refractivity contribution in [2.75, 3.05) is 18.5 Å². The summed E-state index contributed by atoms with van der Waals surface area (Å²) in [6.45, 7) is 4.06. The van der Waals surface area contributed by atoms with Gasteiger partial charge in [-0.1, -0.05) is 13.8 Å². The lowest BCUT2D eigenvalue weighted by molar-refractivity contribution is 0.566. The molecule has 0 amide bonds. The normalized spacial score (nSPS) is 55.2.